The Balaban J connectivity index is 1.64. The van der Waals surface area contributed by atoms with E-state index in [1.807, 2.05) is 20.8 Å². The van der Waals surface area contributed by atoms with Crippen molar-refractivity contribution in [2.24, 2.45) is 9.81 Å². The third kappa shape index (κ3) is 3.87. The van der Waals surface area contributed by atoms with Crippen LogP contribution in [0.3, 0.4) is 0 Å². The van der Waals surface area contributed by atoms with E-state index in [2.05, 4.69) is 14.4 Å². The summed E-state index contributed by atoms with van der Waals surface area (Å²) >= 11 is 0. The number of rotatable bonds is 4. The Morgan fingerprint density at radius 3 is 2.31 bits per heavy atom. The Morgan fingerprint density at radius 1 is 1.03 bits per heavy atom. The summed E-state index contributed by atoms with van der Waals surface area (Å²) < 4.78 is 43.8. The van der Waals surface area contributed by atoms with Crippen LogP contribution in [0.4, 0.5) is 4.39 Å². The van der Waals surface area contributed by atoms with Crippen molar-refractivity contribution in [3.63, 3.8) is 0 Å². The van der Waals surface area contributed by atoms with Crippen molar-refractivity contribution in [1.82, 2.24) is 14.9 Å². The Bertz CT molecular complexity index is 1540. The van der Waals surface area contributed by atoms with Crippen LogP contribution in [-0.2, 0) is 21.4 Å². The maximum absolute atomic E-state index is 13.7. The standard InChI is InChI=1S/C26H23FN4O4S/c1-26(2,3)24-22(32)20(25(33)31(24)13-15-7-9-17(27)10-8-15)21-19-6-4-5-18(16-11-28-14-29-12-16)23(19)36(34,35)30-21/h4-12,14,24,32H,13H2,1-3H3/t24-/m1/s1. The lowest BCUT2D eigenvalue weighted by atomic mass is 9.84. The van der Waals surface area contributed by atoms with Gasteiger partial charge in [0.1, 0.15) is 34.1 Å². The number of carbonyl (C=O) groups is 1. The van der Waals surface area contributed by atoms with Crippen LogP contribution in [0.25, 0.3) is 11.1 Å². The number of nitrogens with zero attached hydrogens (tertiary/aromatic N) is 4. The highest BCUT2D eigenvalue weighted by atomic mass is 32.2. The lowest BCUT2D eigenvalue weighted by Crippen LogP contribution is -2.43. The molecule has 0 bridgehead atoms. The predicted molar refractivity (Wildman–Crippen MR) is 131 cm³/mol. The van der Waals surface area contributed by atoms with E-state index in [0.29, 0.717) is 16.7 Å². The van der Waals surface area contributed by atoms with Gasteiger partial charge in [-0.05, 0) is 23.1 Å². The first kappa shape index (κ1) is 23.8. The second kappa shape index (κ2) is 8.34. The molecule has 0 spiro atoms. The van der Waals surface area contributed by atoms with Crippen molar-refractivity contribution in [1.29, 1.82) is 0 Å². The number of aliphatic hydroxyl groups excluding tert-OH is 1. The topological polar surface area (TPSA) is 113 Å². The average molecular weight is 507 g/mol. The minimum atomic E-state index is -4.18. The maximum atomic E-state index is 13.7. The monoisotopic (exact) mass is 506 g/mol. The highest BCUT2D eigenvalue weighted by molar-refractivity contribution is 7.91. The highest BCUT2D eigenvalue weighted by Gasteiger charge is 2.49. The van der Waals surface area contributed by atoms with Crippen LogP contribution in [0.2, 0.25) is 0 Å². The molecule has 5 rings (SSSR count). The first-order chi connectivity index (χ1) is 17.0. The van der Waals surface area contributed by atoms with Crippen molar-refractivity contribution in [2.45, 2.75) is 38.3 Å². The second-order valence-electron chi connectivity index (χ2n) is 9.81. The summed E-state index contributed by atoms with van der Waals surface area (Å²) in [6.07, 6.45) is 4.33. The lowest BCUT2D eigenvalue weighted by Gasteiger charge is -2.35. The van der Waals surface area contributed by atoms with Crippen LogP contribution in [0.1, 0.15) is 31.9 Å². The molecule has 8 nitrogen and oxygen atoms in total. The van der Waals surface area contributed by atoms with Gasteiger partial charge in [-0.2, -0.15) is 12.8 Å². The summed E-state index contributed by atoms with van der Waals surface area (Å²) in [7, 11) is -4.18. The van der Waals surface area contributed by atoms with E-state index in [-0.39, 0.29) is 34.0 Å². The number of aliphatic hydroxyl groups is 1. The second-order valence-corrected chi connectivity index (χ2v) is 11.4. The largest absolute Gasteiger partial charge is 0.509 e. The van der Waals surface area contributed by atoms with Gasteiger partial charge >= 0.3 is 0 Å². The number of fused-ring (bicyclic) bond motifs is 1. The molecule has 0 saturated carbocycles. The molecule has 2 aromatic carbocycles. The summed E-state index contributed by atoms with van der Waals surface area (Å²) in [6, 6.07) is 9.84. The van der Waals surface area contributed by atoms with E-state index in [4.69, 9.17) is 0 Å². The number of carbonyl (C=O) groups excluding carboxylic acids is 1. The number of benzene rings is 2. The molecule has 3 aromatic rings. The molecular formula is C26H23FN4O4S. The first-order valence-electron chi connectivity index (χ1n) is 11.2. The minimum absolute atomic E-state index is 0.0628. The molecule has 1 N–H and O–H groups in total. The van der Waals surface area contributed by atoms with Crippen molar-refractivity contribution in [3.05, 3.63) is 89.5 Å². The van der Waals surface area contributed by atoms with E-state index >= 15 is 0 Å². The Kier molecular flexibility index (Phi) is 5.51. The van der Waals surface area contributed by atoms with Crippen LogP contribution >= 0.6 is 0 Å². The Morgan fingerprint density at radius 2 is 1.67 bits per heavy atom. The first-order valence-corrected chi connectivity index (χ1v) is 12.7. The van der Waals surface area contributed by atoms with E-state index in [9.17, 15) is 22.7 Å². The normalized spacial score (nSPS) is 19.0. The number of hydrogen-bond donors (Lipinski definition) is 1. The summed E-state index contributed by atoms with van der Waals surface area (Å²) in [6.45, 7) is 5.71. The van der Waals surface area contributed by atoms with Gasteiger partial charge in [0.2, 0.25) is 0 Å². The zero-order valence-corrected chi connectivity index (χ0v) is 20.6. The lowest BCUT2D eigenvalue weighted by molar-refractivity contribution is -0.129. The van der Waals surface area contributed by atoms with Crippen molar-refractivity contribution in [3.8, 4) is 11.1 Å². The molecule has 0 fully saturated rings. The van der Waals surface area contributed by atoms with Crippen LogP contribution in [0.15, 0.2) is 81.8 Å². The number of aromatic nitrogens is 2. The smallest absolute Gasteiger partial charge is 0.284 e. The van der Waals surface area contributed by atoms with Gasteiger partial charge in [-0.25, -0.2) is 14.4 Å². The fourth-order valence-corrected chi connectivity index (χ4v) is 6.19. The summed E-state index contributed by atoms with van der Waals surface area (Å²) in [5, 5.41) is 11.4. The number of amides is 1. The van der Waals surface area contributed by atoms with Gasteiger partial charge < -0.3 is 10.0 Å². The predicted octanol–water partition coefficient (Wildman–Crippen LogP) is 4.04. The van der Waals surface area contributed by atoms with E-state index in [1.165, 1.54) is 35.8 Å². The third-order valence-corrected chi connectivity index (χ3v) is 7.61. The van der Waals surface area contributed by atoms with Gasteiger partial charge in [0.25, 0.3) is 15.9 Å². The molecule has 0 aliphatic carbocycles. The van der Waals surface area contributed by atoms with Crippen LogP contribution in [0.5, 0.6) is 0 Å². The third-order valence-electron chi connectivity index (χ3n) is 6.24. The van der Waals surface area contributed by atoms with E-state index in [1.54, 1.807) is 30.3 Å². The fourth-order valence-electron chi connectivity index (χ4n) is 4.77. The molecule has 1 aromatic heterocycles. The highest BCUT2D eigenvalue weighted by Crippen LogP contribution is 2.42. The van der Waals surface area contributed by atoms with Gasteiger partial charge in [0.15, 0.2) is 0 Å². The molecule has 2 aliphatic rings. The molecule has 2 aliphatic heterocycles. The molecule has 0 saturated heterocycles. The molecule has 10 heteroatoms. The van der Waals surface area contributed by atoms with Gasteiger partial charge in [-0.15, -0.1) is 0 Å². The summed E-state index contributed by atoms with van der Waals surface area (Å²) in [5.41, 5.74) is 0.890. The van der Waals surface area contributed by atoms with Gasteiger partial charge in [0, 0.05) is 35.6 Å². The van der Waals surface area contributed by atoms with E-state index in [0.717, 1.165) is 0 Å². The van der Waals surface area contributed by atoms with Crippen molar-refractivity contribution in [2.75, 3.05) is 0 Å². The van der Waals surface area contributed by atoms with Gasteiger partial charge in [-0.3, -0.25) is 4.79 Å². The van der Waals surface area contributed by atoms with Gasteiger partial charge in [-0.1, -0.05) is 51.1 Å². The summed E-state index contributed by atoms with van der Waals surface area (Å²) in [5.74, 6) is -1.20. The zero-order valence-electron chi connectivity index (χ0n) is 19.8. The molecule has 0 radical (unpaired) electrons. The SMILES string of the molecule is CC(C)(C)[C@H]1C(O)=C(C2=NS(=O)(=O)c3c2cccc3-c2cncnc2)C(=O)N1Cc1ccc(F)cc1. The number of hydrogen-bond acceptors (Lipinski definition) is 6. The molecule has 1 amide bonds. The number of sulfonamides is 1. The van der Waals surface area contributed by atoms with Crippen molar-refractivity contribution >= 4 is 21.6 Å². The quantitative estimate of drug-likeness (QED) is 0.571. The Hall–Kier alpha value is -3.92. The molecule has 0 unspecified atom stereocenters. The van der Waals surface area contributed by atoms with Crippen LogP contribution in [-0.4, -0.2) is 46.1 Å². The number of halogens is 1. The molecule has 184 valence electrons. The zero-order chi connectivity index (χ0) is 25.8. The van der Waals surface area contributed by atoms with Crippen LogP contribution < -0.4 is 0 Å². The molecular weight excluding hydrogens is 483 g/mol. The average Bonchev–Trinajstić information content (AvgIpc) is 3.24. The summed E-state index contributed by atoms with van der Waals surface area (Å²) in [4.78, 5) is 23.1. The van der Waals surface area contributed by atoms with Crippen LogP contribution in [0, 0.1) is 11.2 Å². The van der Waals surface area contributed by atoms with Gasteiger partial charge in [0.05, 0.1) is 6.04 Å². The molecule has 3 heterocycles. The molecule has 1 atom stereocenters. The van der Waals surface area contributed by atoms with E-state index < -0.39 is 33.2 Å². The minimum Gasteiger partial charge on any atom is -0.509 e. The molecule has 36 heavy (non-hydrogen) atoms. The Labute approximate surface area is 207 Å². The van der Waals surface area contributed by atoms with Crippen molar-refractivity contribution < 1.29 is 22.7 Å². The maximum Gasteiger partial charge on any atom is 0.284 e. The fraction of sp³-hybridized carbons (Fsp3) is 0.231.